The lowest BCUT2D eigenvalue weighted by atomic mass is 10.1. The van der Waals surface area contributed by atoms with Gasteiger partial charge in [0.1, 0.15) is 21.5 Å². The van der Waals surface area contributed by atoms with Crippen LogP contribution in [-0.2, 0) is 9.84 Å². The highest BCUT2D eigenvalue weighted by molar-refractivity contribution is 7.90. The summed E-state index contributed by atoms with van der Waals surface area (Å²) in [4.78, 5) is 13.5. The molecule has 0 radical (unpaired) electrons. The van der Waals surface area contributed by atoms with E-state index in [4.69, 9.17) is 0 Å². The van der Waals surface area contributed by atoms with Gasteiger partial charge in [0.2, 0.25) is 0 Å². The first-order valence-corrected chi connectivity index (χ1v) is 8.09. The van der Waals surface area contributed by atoms with Crippen LogP contribution in [0.1, 0.15) is 16.8 Å². The zero-order valence-electron chi connectivity index (χ0n) is 11.4. The van der Waals surface area contributed by atoms with Gasteiger partial charge in [-0.05, 0) is 19.2 Å². The molecule has 7 heteroatoms. The average Bonchev–Trinajstić information content (AvgIpc) is 2.31. The van der Waals surface area contributed by atoms with E-state index in [1.165, 1.54) is 0 Å². The summed E-state index contributed by atoms with van der Waals surface area (Å²) in [5.41, 5.74) is -0.0148. The zero-order valence-corrected chi connectivity index (χ0v) is 12.2. The van der Waals surface area contributed by atoms with Crippen molar-refractivity contribution in [1.29, 1.82) is 0 Å². The van der Waals surface area contributed by atoms with Crippen LogP contribution in [0.5, 0.6) is 0 Å². The number of benzene rings is 1. The smallest absolute Gasteiger partial charge is 0.164 e. The normalized spacial score (nSPS) is 11.8. The van der Waals surface area contributed by atoms with Crippen molar-refractivity contribution in [2.75, 3.05) is 32.1 Å². The second-order valence-corrected chi connectivity index (χ2v) is 7.02. The molecule has 112 valence electrons. The average molecular weight is 305 g/mol. The van der Waals surface area contributed by atoms with E-state index >= 15 is 0 Å². The van der Waals surface area contributed by atoms with Crippen molar-refractivity contribution >= 4 is 15.6 Å². The zero-order chi connectivity index (χ0) is 15.3. The van der Waals surface area contributed by atoms with Gasteiger partial charge in [-0.2, -0.15) is 0 Å². The molecular formula is C13H17F2NO3S. The second-order valence-electron chi connectivity index (χ2n) is 4.76. The first kappa shape index (κ1) is 16.7. The maximum atomic E-state index is 13.0. The van der Waals surface area contributed by atoms with E-state index in [9.17, 15) is 22.0 Å². The summed E-state index contributed by atoms with van der Waals surface area (Å²) in [6.07, 6.45) is 1.21. The lowest BCUT2D eigenvalue weighted by Crippen LogP contribution is -2.27. The first-order valence-electron chi connectivity index (χ1n) is 6.03. The van der Waals surface area contributed by atoms with Gasteiger partial charge in [0, 0.05) is 37.4 Å². The molecule has 0 bridgehead atoms. The first-order chi connectivity index (χ1) is 9.17. The summed E-state index contributed by atoms with van der Waals surface area (Å²) in [6, 6.07) is 2.68. The van der Waals surface area contributed by atoms with Crippen molar-refractivity contribution in [1.82, 2.24) is 4.90 Å². The van der Waals surface area contributed by atoms with Gasteiger partial charge in [0.25, 0.3) is 0 Å². The largest absolute Gasteiger partial charge is 0.305 e. The van der Waals surface area contributed by atoms with Gasteiger partial charge < -0.3 is 4.90 Å². The number of carbonyl (C=O) groups excluding carboxylic acids is 1. The van der Waals surface area contributed by atoms with Crippen molar-refractivity contribution in [2.45, 2.75) is 6.42 Å². The van der Waals surface area contributed by atoms with E-state index in [0.717, 1.165) is 18.4 Å². The Balaban J connectivity index is 2.50. The number of nitrogens with zero attached hydrogens (tertiary/aromatic N) is 1. The van der Waals surface area contributed by atoms with E-state index in [2.05, 4.69) is 0 Å². The Morgan fingerprint density at radius 2 is 1.70 bits per heavy atom. The summed E-state index contributed by atoms with van der Waals surface area (Å²) in [5.74, 6) is -1.96. The van der Waals surface area contributed by atoms with Gasteiger partial charge in [-0.15, -0.1) is 0 Å². The predicted molar refractivity (Wildman–Crippen MR) is 72.5 cm³/mol. The molecule has 0 amide bonds. The van der Waals surface area contributed by atoms with Crippen molar-refractivity contribution in [3.8, 4) is 0 Å². The topological polar surface area (TPSA) is 54.5 Å². The molecule has 0 N–H and O–H groups in total. The van der Waals surface area contributed by atoms with Gasteiger partial charge in [-0.25, -0.2) is 17.2 Å². The van der Waals surface area contributed by atoms with Crippen molar-refractivity contribution < 1.29 is 22.0 Å². The molecule has 0 saturated heterocycles. The molecular weight excluding hydrogens is 288 g/mol. The summed E-state index contributed by atoms with van der Waals surface area (Å²) in [5, 5.41) is 0. The fraction of sp³-hybridized carbons (Fsp3) is 0.462. The van der Waals surface area contributed by atoms with Gasteiger partial charge in [-0.1, -0.05) is 0 Å². The quantitative estimate of drug-likeness (QED) is 0.717. The van der Waals surface area contributed by atoms with E-state index in [1.54, 1.807) is 11.9 Å². The lowest BCUT2D eigenvalue weighted by Gasteiger charge is -2.15. The van der Waals surface area contributed by atoms with Crippen LogP contribution in [0.15, 0.2) is 18.2 Å². The maximum absolute atomic E-state index is 13.0. The summed E-state index contributed by atoms with van der Waals surface area (Å²) in [7, 11) is -1.36. The molecule has 1 aromatic carbocycles. The van der Waals surface area contributed by atoms with Crippen molar-refractivity contribution in [3.63, 3.8) is 0 Å². The second kappa shape index (κ2) is 6.90. The Bertz CT molecular complexity index is 567. The summed E-state index contributed by atoms with van der Waals surface area (Å²) >= 11 is 0. The molecule has 0 saturated carbocycles. The minimum Gasteiger partial charge on any atom is -0.305 e. The van der Waals surface area contributed by atoms with Crippen LogP contribution in [-0.4, -0.2) is 51.2 Å². The number of carbonyl (C=O) groups is 1. The molecule has 0 aliphatic carbocycles. The van der Waals surface area contributed by atoms with Crippen LogP contribution in [0.3, 0.4) is 0 Å². The van der Waals surface area contributed by atoms with Gasteiger partial charge >= 0.3 is 0 Å². The highest BCUT2D eigenvalue weighted by Gasteiger charge is 2.11. The van der Waals surface area contributed by atoms with Crippen LogP contribution in [0.2, 0.25) is 0 Å². The van der Waals surface area contributed by atoms with E-state index in [-0.39, 0.29) is 23.5 Å². The van der Waals surface area contributed by atoms with Crippen LogP contribution in [0.4, 0.5) is 8.78 Å². The van der Waals surface area contributed by atoms with Crippen LogP contribution in [0.25, 0.3) is 0 Å². The summed E-state index contributed by atoms with van der Waals surface area (Å²) in [6.45, 7) is 0.635. The predicted octanol–water partition coefficient (Wildman–Crippen LogP) is 1.51. The van der Waals surface area contributed by atoms with Crippen LogP contribution in [0, 0.1) is 11.6 Å². The SMILES string of the molecule is CN(CCC(=O)c1cc(F)cc(F)c1)CCS(C)(=O)=O. The molecule has 1 rings (SSSR count). The number of sulfone groups is 1. The van der Waals surface area contributed by atoms with Crippen LogP contribution < -0.4 is 0 Å². The molecule has 20 heavy (non-hydrogen) atoms. The number of hydrogen-bond donors (Lipinski definition) is 0. The molecule has 0 atom stereocenters. The molecule has 0 aliphatic heterocycles. The Morgan fingerprint density at radius 1 is 1.15 bits per heavy atom. The minimum absolute atomic E-state index is 0.00623. The third kappa shape index (κ3) is 6.21. The minimum atomic E-state index is -3.05. The molecule has 0 aromatic heterocycles. The number of ketones is 1. The standard InChI is InChI=1S/C13H17F2NO3S/c1-16(5-6-20(2,18)19)4-3-13(17)10-7-11(14)9-12(15)8-10/h7-9H,3-6H2,1-2H3. The fourth-order valence-corrected chi connectivity index (χ4v) is 2.23. The van der Waals surface area contributed by atoms with E-state index in [0.29, 0.717) is 19.2 Å². The third-order valence-corrected chi connectivity index (χ3v) is 3.67. The highest BCUT2D eigenvalue weighted by atomic mass is 32.2. The van der Waals surface area contributed by atoms with Crippen molar-refractivity contribution in [3.05, 3.63) is 35.4 Å². The lowest BCUT2D eigenvalue weighted by molar-refractivity contribution is 0.0969. The van der Waals surface area contributed by atoms with E-state index in [1.807, 2.05) is 0 Å². The fourth-order valence-electron chi connectivity index (χ4n) is 1.59. The van der Waals surface area contributed by atoms with E-state index < -0.39 is 21.5 Å². The number of hydrogen-bond acceptors (Lipinski definition) is 4. The molecule has 1 aromatic rings. The van der Waals surface area contributed by atoms with Crippen LogP contribution >= 0.6 is 0 Å². The van der Waals surface area contributed by atoms with Gasteiger partial charge in [0.15, 0.2) is 5.78 Å². The molecule has 4 nitrogen and oxygen atoms in total. The van der Waals surface area contributed by atoms with Crippen molar-refractivity contribution in [2.24, 2.45) is 0 Å². The number of Topliss-reactive ketones (excluding diaryl/α,β-unsaturated/α-hetero) is 1. The van der Waals surface area contributed by atoms with Gasteiger partial charge in [0.05, 0.1) is 5.75 Å². The molecule has 0 aliphatic rings. The molecule has 0 heterocycles. The third-order valence-electron chi connectivity index (χ3n) is 2.75. The summed E-state index contributed by atoms with van der Waals surface area (Å²) < 4.78 is 47.9. The number of halogens is 2. The molecule has 0 spiro atoms. The Morgan fingerprint density at radius 3 is 2.20 bits per heavy atom. The monoisotopic (exact) mass is 305 g/mol. The highest BCUT2D eigenvalue weighted by Crippen LogP contribution is 2.10. The molecule has 0 fully saturated rings. The van der Waals surface area contributed by atoms with Gasteiger partial charge in [-0.3, -0.25) is 4.79 Å². The number of rotatable bonds is 7. The maximum Gasteiger partial charge on any atom is 0.164 e. The Hall–Kier alpha value is -1.34. The molecule has 0 unspecified atom stereocenters. The Labute approximate surface area is 117 Å². The Kier molecular flexibility index (Phi) is 5.76.